The molecule has 0 atom stereocenters. The first-order valence-corrected chi connectivity index (χ1v) is 0. The van der Waals surface area contributed by atoms with Crippen LogP contribution < -0.4 is 0 Å². The molecule has 0 aromatic heterocycles. The molecule has 30 valence electrons. The number of rotatable bonds is 0. The molecule has 0 aromatic rings. The number of halogens is 2. The second-order valence-electron chi connectivity index (χ2n) is 0. The van der Waals surface area contributed by atoms with E-state index in [0.29, 0.717) is 0 Å². The average molecular weight is 251 g/mol. The van der Waals surface area contributed by atoms with Crippen molar-refractivity contribution in [1.82, 2.24) is 0 Å². The second-order valence-corrected chi connectivity index (χ2v) is 0. The summed E-state index contributed by atoms with van der Waals surface area (Å²) in [6.07, 6.45) is 0. The van der Waals surface area contributed by atoms with E-state index in [2.05, 4.69) is 0 Å². The third-order valence-corrected chi connectivity index (χ3v) is 0. The Kier molecular flexibility index (Phi) is 222. The zero-order valence-corrected chi connectivity index (χ0v) is 8.88. The van der Waals surface area contributed by atoms with Crippen molar-refractivity contribution in [2.45, 2.75) is 0 Å². The van der Waals surface area contributed by atoms with Gasteiger partial charge in [-0.3, -0.25) is 9.41 Å². The summed E-state index contributed by atoms with van der Waals surface area (Å²) in [4.78, 5) is 0. The van der Waals surface area contributed by atoms with Crippen molar-refractivity contribution in [3.63, 3.8) is 0 Å². The Labute approximate surface area is 116 Å². The van der Waals surface area contributed by atoms with Crippen LogP contribution in [0.3, 0.4) is 0 Å². The quantitative estimate of drug-likeness (QED) is 0.475. The molecular weight excluding hydrogens is 242 g/mol. The molecule has 0 aromatic carbocycles. The average Bonchev–Trinajstić information content (AvgIpc) is 0. The van der Waals surface area contributed by atoms with Crippen LogP contribution in [-0.2, 0) is 0 Å². The smallest absolute Gasteiger partial charge is 1.00 e. The molecule has 0 saturated carbocycles. The molecule has 5 heavy (non-hydrogen) atoms. The van der Waals surface area contributed by atoms with E-state index < -0.39 is 0 Å². The molecule has 0 aliphatic carbocycles. The predicted octanol–water partition coefficient (Wildman–Crippen LogP) is -1.19. The maximum Gasteiger partial charge on any atom is 2.00 e. The molecule has 0 rings (SSSR count). The van der Waals surface area contributed by atoms with Gasteiger partial charge in [-0.05, 0) is 0 Å². The van der Waals surface area contributed by atoms with Gasteiger partial charge in [0.2, 0.25) is 0 Å². The Morgan fingerprint density at radius 1 is 1.00 bits per heavy atom. The van der Waals surface area contributed by atoms with Gasteiger partial charge in [0.15, 0.2) is 17.4 Å². The molecule has 0 amide bonds. The molecule has 0 aliphatic rings. The van der Waals surface area contributed by atoms with Crippen molar-refractivity contribution < 1.29 is 15.1 Å². The maximum atomic E-state index is 0. The van der Waals surface area contributed by atoms with Gasteiger partial charge in [0.25, 0.3) is 0 Å². The SMILES string of the molecule is F.F.[AlH3].[Ba+2].[Ca+2].[H-].[H-].[H-].[H-]. The summed E-state index contributed by atoms with van der Waals surface area (Å²) >= 11 is 0. The molecular formula is H9AlBaCaF2. The van der Waals surface area contributed by atoms with Crippen LogP contribution in [0.1, 0.15) is 5.71 Å². The van der Waals surface area contributed by atoms with Crippen molar-refractivity contribution in [3.05, 3.63) is 0 Å². The van der Waals surface area contributed by atoms with E-state index in [0.717, 1.165) is 0 Å². The van der Waals surface area contributed by atoms with Crippen LogP contribution in [0.25, 0.3) is 0 Å². The molecule has 0 bridgehead atoms. The van der Waals surface area contributed by atoms with E-state index in [9.17, 15) is 0 Å². The van der Waals surface area contributed by atoms with Crippen molar-refractivity contribution >= 4 is 104 Å². The minimum atomic E-state index is 0. The molecule has 0 saturated heterocycles. The molecule has 0 spiro atoms. The number of hydrogen-bond donors (Lipinski definition) is 0. The Hall–Kier alpha value is 3.22. The van der Waals surface area contributed by atoms with E-state index in [1.807, 2.05) is 0 Å². The van der Waals surface area contributed by atoms with Crippen LogP contribution in [0.4, 0.5) is 9.41 Å². The Bertz CT molecular complexity index is 18.5. The largest absolute Gasteiger partial charge is 2.00 e. The van der Waals surface area contributed by atoms with E-state index in [4.69, 9.17) is 0 Å². The molecule has 0 nitrogen and oxygen atoms in total. The summed E-state index contributed by atoms with van der Waals surface area (Å²) in [5.74, 6) is 0. The van der Waals surface area contributed by atoms with Crippen LogP contribution in [0.2, 0.25) is 0 Å². The van der Waals surface area contributed by atoms with Gasteiger partial charge in [0.05, 0.1) is 0 Å². The third-order valence-electron chi connectivity index (χ3n) is 0. The van der Waals surface area contributed by atoms with E-state index >= 15 is 0 Å². The van der Waals surface area contributed by atoms with Gasteiger partial charge in [-0.2, -0.15) is 0 Å². The summed E-state index contributed by atoms with van der Waals surface area (Å²) in [5, 5.41) is 0. The Balaban J connectivity index is 0. The fraction of sp³-hybridized carbons (Fsp3) is 0. The standard InChI is InChI=1S/Al.Ba.Ca.2FH.7H/h;;;2*1H;;;;;;;/q;2*+2;;;;;;4*-1. The zero-order valence-electron chi connectivity index (χ0n) is 6.23. The summed E-state index contributed by atoms with van der Waals surface area (Å²) in [6, 6.07) is 0. The third kappa shape index (κ3) is 19.0. The number of hydrogen-bond acceptors (Lipinski definition) is 0. The monoisotopic (exact) mass is 252 g/mol. The van der Waals surface area contributed by atoms with Gasteiger partial charge >= 0.3 is 86.6 Å². The maximum absolute atomic E-state index is 0. The Morgan fingerprint density at radius 2 is 1.00 bits per heavy atom. The fourth-order valence-corrected chi connectivity index (χ4v) is 0. The first-order chi connectivity index (χ1) is 0. The molecule has 0 aliphatic heterocycles. The molecule has 0 unspecified atom stereocenters. The van der Waals surface area contributed by atoms with E-state index in [-0.39, 0.29) is 119 Å². The molecule has 0 N–H and O–H groups in total. The van der Waals surface area contributed by atoms with Crippen LogP contribution >= 0.6 is 0 Å². The summed E-state index contributed by atoms with van der Waals surface area (Å²) in [7, 11) is 0. The van der Waals surface area contributed by atoms with Crippen LogP contribution in [-0.4, -0.2) is 104 Å². The summed E-state index contributed by atoms with van der Waals surface area (Å²) in [6.45, 7) is 0. The van der Waals surface area contributed by atoms with Gasteiger partial charge in [-0.25, -0.2) is 0 Å². The summed E-state index contributed by atoms with van der Waals surface area (Å²) < 4.78 is 0. The molecule has 0 fully saturated rings. The first-order valence-electron chi connectivity index (χ1n) is 0. The second kappa shape index (κ2) is 26.9. The van der Waals surface area contributed by atoms with Crippen LogP contribution in [0, 0.1) is 0 Å². The predicted molar refractivity (Wildman–Crippen MR) is 30.9 cm³/mol. The topological polar surface area (TPSA) is 0 Å². The minimum Gasteiger partial charge on any atom is -1.00 e. The van der Waals surface area contributed by atoms with E-state index in [1.165, 1.54) is 0 Å². The minimum absolute atomic E-state index is 0. The van der Waals surface area contributed by atoms with Crippen LogP contribution in [0.5, 0.6) is 0 Å². The molecule has 0 radical (unpaired) electrons. The van der Waals surface area contributed by atoms with Gasteiger partial charge < -0.3 is 5.71 Å². The first kappa shape index (κ1) is 41.3. The fourth-order valence-electron chi connectivity index (χ4n) is 0. The van der Waals surface area contributed by atoms with Crippen molar-refractivity contribution in [2.75, 3.05) is 0 Å². The van der Waals surface area contributed by atoms with Crippen LogP contribution in [0.15, 0.2) is 0 Å². The van der Waals surface area contributed by atoms with Gasteiger partial charge in [0.1, 0.15) is 0 Å². The zero-order chi connectivity index (χ0) is 0. The molecule has 5 heteroatoms. The Morgan fingerprint density at radius 3 is 1.00 bits per heavy atom. The van der Waals surface area contributed by atoms with Crippen molar-refractivity contribution in [2.24, 2.45) is 0 Å². The van der Waals surface area contributed by atoms with Gasteiger partial charge in [-0.15, -0.1) is 0 Å². The van der Waals surface area contributed by atoms with Crippen molar-refractivity contribution in [1.29, 1.82) is 0 Å². The van der Waals surface area contributed by atoms with Gasteiger partial charge in [0, 0.05) is 0 Å². The summed E-state index contributed by atoms with van der Waals surface area (Å²) in [5.41, 5.74) is 0. The normalized spacial score (nSPS) is 0. The van der Waals surface area contributed by atoms with E-state index in [1.54, 1.807) is 0 Å². The van der Waals surface area contributed by atoms with Gasteiger partial charge in [-0.1, -0.05) is 0 Å². The molecule has 0 heterocycles. The van der Waals surface area contributed by atoms with Crippen molar-refractivity contribution in [3.8, 4) is 0 Å².